The Bertz CT molecular complexity index is 499. The summed E-state index contributed by atoms with van der Waals surface area (Å²) in [6.07, 6.45) is 0.191. The Morgan fingerprint density at radius 1 is 1.45 bits per heavy atom. The molecular weight excluding hydrogens is 262 g/mol. The van der Waals surface area contributed by atoms with Gasteiger partial charge in [0.25, 0.3) is 0 Å². The van der Waals surface area contributed by atoms with Crippen LogP contribution in [-0.4, -0.2) is 47.3 Å². The van der Waals surface area contributed by atoms with E-state index in [1.54, 1.807) is 24.3 Å². The monoisotopic (exact) mass is 279 g/mol. The fourth-order valence-electron chi connectivity index (χ4n) is 2.42. The Morgan fingerprint density at radius 2 is 2.10 bits per heavy atom. The standard InChI is InChI=1S/C14H17NO5/c1-20-11-4-2-10(3-5-11)13(14(18)19)15-7-9(8-16)6-12(15)17/h2-5,9,13,16H,6-8H2,1H3,(H,18,19). The van der Waals surface area contributed by atoms with E-state index in [2.05, 4.69) is 0 Å². The minimum absolute atomic E-state index is 0.114. The van der Waals surface area contributed by atoms with Gasteiger partial charge in [-0.25, -0.2) is 4.79 Å². The van der Waals surface area contributed by atoms with Gasteiger partial charge in [0.2, 0.25) is 5.91 Å². The van der Waals surface area contributed by atoms with Crippen molar-refractivity contribution in [3.63, 3.8) is 0 Å². The van der Waals surface area contributed by atoms with Gasteiger partial charge in [0.1, 0.15) is 5.75 Å². The van der Waals surface area contributed by atoms with E-state index in [0.29, 0.717) is 11.3 Å². The maximum absolute atomic E-state index is 11.9. The van der Waals surface area contributed by atoms with Crippen molar-refractivity contribution in [3.05, 3.63) is 29.8 Å². The second-order valence-electron chi connectivity index (χ2n) is 4.81. The molecule has 2 rings (SSSR count). The second kappa shape index (κ2) is 5.92. The van der Waals surface area contributed by atoms with E-state index in [0.717, 1.165) is 0 Å². The highest BCUT2D eigenvalue weighted by molar-refractivity contribution is 5.86. The number of benzene rings is 1. The summed E-state index contributed by atoms with van der Waals surface area (Å²) in [4.78, 5) is 24.7. The zero-order valence-electron chi connectivity index (χ0n) is 11.2. The van der Waals surface area contributed by atoms with Crippen LogP contribution in [0.5, 0.6) is 5.75 Å². The number of carbonyl (C=O) groups is 2. The molecule has 1 aromatic carbocycles. The fourth-order valence-corrected chi connectivity index (χ4v) is 2.42. The van der Waals surface area contributed by atoms with E-state index >= 15 is 0 Å². The highest BCUT2D eigenvalue weighted by atomic mass is 16.5. The molecule has 0 bridgehead atoms. The number of hydrogen-bond donors (Lipinski definition) is 2. The van der Waals surface area contributed by atoms with E-state index in [1.165, 1.54) is 12.0 Å². The van der Waals surface area contributed by atoms with Crippen molar-refractivity contribution in [3.8, 4) is 5.75 Å². The third-order valence-corrected chi connectivity index (χ3v) is 3.47. The van der Waals surface area contributed by atoms with Crippen LogP contribution in [-0.2, 0) is 9.59 Å². The third kappa shape index (κ3) is 2.75. The molecule has 1 fully saturated rings. The topological polar surface area (TPSA) is 87.1 Å². The number of carboxylic acids is 1. The van der Waals surface area contributed by atoms with E-state index in [9.17, 15) is 14.7 Å². The first-order chi connectivity index (χ1) is 9.56. The van der Waals surface area contributed by atoms with E-state index in [1.807, 2.05) is 0 Å². The lowest BCUT2D eigenvalue weighted by Crippen LogP contribution is -2.35. The molecule has 6 nitrogen and oxygen atoms in total. The molecule has 6 heteroatoms. The molecule has 2 N–H and O–H groups in total. The van der Waals surface area contributed by atoms with E-state index in [-0.39, 0.29) is 31.4 Å². The molecule has 1 aliphatic heterocycles. The van der Waals surface area contributed by atoms with Crippen molar-refractivity contribution < 1.29 is 24.5 Å². The molecule has 20 heavy (non-hydrogen) atoms. The molecule has 0 saturated carbocycles. The van der Waals surface area contributed by atoms with Crippen LogP contribution in [0.1, 0.15) is 18.0 Å². The van der Waals surface area contributed by atoms with Crippen molar-refractivity contribution in [2.24, 2.45) is 5.92 Å². The van der Waals surface area contributed by atoms with E-state index < -0.39 is 12.0 Å². The summed E-state index contributed by atoms with van der Waals surface area (Å²) in [7, 11) is 1.53. The van der Waals surface area contributed by atoms with Crippen LogP contribution in [0.15, 0.2) is 24.3 Å². The first-order valence-corrected chi connectivity index (χ1v) is 6.34. The molecule has 1 saturated heterocycles. The maximum Gasteiger partial charge on any atom is 0.331 e. The molecule has 0 radical (unpaired) electrons. The number of nitrogens with zero attached hydrogens (tertiary/aromatic N) is 1. The molecule has 2 atom stereocenters. The van der Waals surface area contributed by atoms with Crippen LogP contribution in [0.4, 0.5) is 0 Å². The Kier molecular flexibility index (Phi) is 4.24. The number of carbonyl (C=O) groups excluding carboxylic acids is 1. The van der Waals surface area contributed by atoms with Gasteiger partial charge >= 0.3 is 5.97 Å². The number of hydrogen-bond acceptors (Lipinski definition) is 4. The Labute approximate surface area is 116 Å². The summed E-state index contributed by atoms with van der Waals surface area (Å²) < 4.78 is 5.03. The summed E-state index contributed by atoms with van der Waals surface area (Å²) in [6.45, 7) is 0.148. The third-order valence-electron chi connectivity index (χ3n) is 3.47. The Balaban J connectivity index is 2.27. The lowest BCUT2D eigenvalue weighted by molar-refractivity contribution is -0.148. The largest absolute Gasteiger partial charge is 0.497 e. The van der Waals surface area contributed by atoms with Crippen molar-refractivity contribution >= 4 is 11.9 Å². The number of aliphatic carboxylic acids is 1. The van der Waals surface area contributed by atoms with E-state index in [4.69, 9.17) is 9.84 Å². The summed E-state index contributed by atoms with van der Waals surface area (Å²) in [5, 5.41) is 18.5. The molecule has 0 spiro atoms. The smallest absolute Gasteiger partial charge is 0.331 e. The van der Waals surface area contributed by atoms with Crippen LogP contribution < -0.4 is 4.74 Å². The lowest BCUT2D eigenvalue weighted by Gasteiger charge is -2.25. The highest BCUT2D eigenvalue weighted by Gasteiger charge is 2.38. The SMILES string of the molecule is COc1ccc(C(C(=O)O)N2CC(CO)CC2=O)cc1. The second-order valence-corrected chi connectivity index (χ2v) is 4.81. The zero-order valence-corrected chi connectivity index (χ0v) is 11.2. The molecule has 1 amide bonds. The first-order valence-electron chi connectivity index (χ1n) is 6.34. The predicted octanol–water partition coefficient (Wildman–Crippen LogP) is 0.662. The van der Waals surface area contributed by atoms with Gasteiger partial charge in [-0.05, 0) is 17.7 Å². The number of methoxy groups -OCH3 is 1. The van der Waals surface area contributed by atoms with Gasteiger partial charge in [-0.2, -0.15) is 0 Å². The first kappa shape index (κ1) is 14.3. The average Bonchev–Trinajstić information content (AvgIpc) is 2.81. The minimum atomic E-state index is -1.08. The number of aliphatic hydroxyl groups excluding tert-OH is 1. The van der Waals surface area contributed by atoms with Gasteiger partial charge in [-0.3, -0.25) is 4.79 Å². The highest BCUT2D eigenvalue weighted by Crippen LogP contribution is 2.29. The van der Waals surface area contributed by atoms with Gasteiger partial charge in [0.05, 0.1) is 7.11 Å². The summed E-state index contributed by atoms with van der Waals surface area (Å²) in [6, 6.07) is 5.57. The zero-order chi connectivity index (χ0) is 14.7. The molecular formula is C14H17NO5. The van der Waals surface area contributed by atoms with Gasteiger partial charge < -0.3 is 19.8 Å². The van der Waals surface area contributed by atoms with Crippen molar-refractivity contribution in [1.29, 1.82) is 0 Å². The number of likely N-dealkylation sites (tertiary alicyclic amines) is 1. The summed E-state index contributed by atoms with van der Waals surface area (Å²) in [5.74, 6) is -0.893. The van der Waals surface area contributed by atoms with Gasteiger partial charge in [-0.15, -0.1) is 0 Å². The molecule has 108 valence electrons. The minimum Gasteiger partial charge on any atom is -0.497 e. The Morgan fingerprint density at radius 3 is 2.55 bits per heavy atom. The molecule has 1 aromatic rings. The van der Waals surface area contributed by atoms with Crippen LogP contribution in [0.25, 0.3) is 0 Å². The van der Waals surface area contributed by atoms with Crippen LogP contribution in [0.2, 0.25) is 0 Å². The fraction of sp³-hybridized carbons (Fsp3) is 0.429. The summed E-state index contributed by atoms with van der Waals surface area (Å²) >= 11 is 0. The van der Waals surface area contributed by atoms with Gasteiger partial charge in [0, 0.05) is 25.5 Å². The van der Waals surface area contributed by atoms with Crippen LogP contribution in [0.3, 0.4) is 0 Å². The van der Waals surface area contributed by atoms with Crippen molar-refractivity contribution in [1.82, 2.24) is 4.90 Å². The molecule has 1 heterocycles. The average molecular weight is 279 g/mol. The number of ether oxygens (including phenoxy) is 1. The van der Waals surface area contributed by atoms with Crippen molar-refractivity contribution in [2.45, 2.75) is 12.5 Å². The van der Waals surface area contributed by atoms with Crippen molar-refractivity contribution in [2.75, 3.05) is 20.3 Å². The van der Waals surface area contributed by atoms with Crippen LogP contribution >= 0.6 is 0 Å². The number of amides is 1. The number of aliphatic hydroxyl groups is 1. The number of carboxylic acid groups (broad SMARTS) is 1. The van der Waals surface area contributed by atoms with Gasteiger partial charge in [-0.1, -0.05) is 12.1 Å². The molecule has 0 aromatic heterocycles. The number of rotatable bonds is 5. The molecule has 2 unspecified atom stereocenters. The summed E-state index contributed by atoms with van der Waals surface area (Å²) in [5.41, 5.74) is 0.519. The lowest BCUT2D eigenvalue weighted by atomic mass is 10.1. The quantitative estimate of drug-likeness (QED) is 0.827. The normalized spacial score (nSPS) is 20.0. The molecule has 0 aliphatic carbocycles. The van der Waals surface area contributed by atoms with Crippen LogP contribution in [0, 0.1) is 5.92 Å². The predicted molar refractivity (Wildman–Crippen MR) is 70.3 cm³/mol. The Hall–Kier alpha value is -2.08. The van der Waals surface area contributed by atoms with Gasteiger partial charge in [0.15, 0.2) is 6.04 Å². The maximum atomic E-state index is 11.9. The molecule has 1 aliphatic rings.